The molecule has 0 saturated carbocycles. The van der Waals surface area contributed by atoms with Crippen LogP contribution in [-0.2, 0) is 9.47 Å². The highest BCUT2D eigenvalue weighted by molar-refractivity contribution is 4.67. The van der Waals surface area contributed by atoms with Gasteiger partial charge in [0.05, 0.1) is 12.7 Å². The van der Waals surface area contributed by atoms with E-state index >= 15 is 0 Å². The highest BCUT2D eigenvalue weighted by atomic mass is 16.6. The van der Waals surface area contributed by atoms with Crippen LogP contribution in [0.25, 0.3) is 0 Å². The van der Waals surface area contributed by atoms with E-state index < -0.39 is 0 Å². The normalized spacial score (nSPS) is 32.2. The molecule has 1 aliphatic heterocycles. The van der Waals surface area contributed by atoms with E-state index in [0.29, 0.717) is 6.61 Å². The van der Waals surface area contributed by atoms with Gasteiger partial charge in [-0.1, -0.05) is 6.92 Å². The molecule has 1 aliphatic rings. The Labute approximate surface area is 67.3 Å². The van der Waals surface area contributed by atoms with Gasteiger partial charge in [0.15, 0.2) is 0 Å². The SMILES string of the molecule is C[C@@H]1CCO[C@H](COCO)C1. The second-order valence-electron chi connectivity index (χ2n) is 3.12. The number of hydrogen-bond acceptors (Lipinski definition) is 3. The number of rotatable bonds is 3. The largest absolute Gasteiger partial charge is 0.376 e. The summed E-state index contributed by atoms with van der Waals surface area (Å²) in [5.41, 5.74) is 0. The van der Waals surface area contributed by atoms with Crippen molar-refractivity contribution in [3.63, 3.8) is 0 Å². The Morgan fingerprint density at radius 1 is 1.64 bits per heavy atom. The van der Waals surface area contributed by atoms with Crippen LogP contribution in [0.3, 0.4) is 0 Å². The van der Waals surface area contributed by atoms with Crippen LogP contribution in [0, 0.1) is 5.92 Å². The molecule has 0 spiro atoms. The standard InChI is InChI=1S/C8H16O3/c1-7-2-3-11-8(4-7)5-10-6-9/h7-9H,2-6H2,1H3/t7-,8+/m1/s1. The first-order chi connectivity index (χ1) is 5.33. The first kappa shape index (κ1) is 8.97. The van der Waals surface area contributed by atoms with Crippen molar-refractivity contribution in [2.24, 2.45) is 5.92 Å². The van der Waals surface area contributed by atoms with Crippen molar-refractivity contribution >= 4 is 0 Å². The van der Waals surface area contributed by atoms with Crippen LogP contribution < -0.4 is 0 Å². The molecule has 1 heterocycles. The monoisotopic (exact) mass is 160 g/mol. The summed E-state index contributed by atoms with van der Waals surface area (Å²) < 4.78 is 10.3. The van der Waals surface area contributed by atoms with Crippen LogP contribution in [0.1, 0.15) is 19.8 Å². The van der Waals surface area contributed by atoms with E-state index in [-0.39, 0.29) is 12.9 Å². The van der Waals surface area contributed by atoms with Gasteiger partial charge in [-0.3, -0.25) is 0 Å². The molecule has 1 N–H and O–H groups in total. The molecule has 0 aromatic rings. The van der Waals surface area contributed by atoms with E-state index in [4.69, 9.17) is 14.6 Å². The van der Waals surface area contributed by atoms with E-state index in [1.165, 1.54) is 0 Å². The Morgan fingerprint density at radius 2 is 2.45 bits per heavy atom. The van der Waals surface area contributed by atoms with Gasteiger partial charge in [-0.25, -0.2) is 0 Å². The average molecular weight is 160 g/mol. The zero-order valence-corrected chi connectivity index (χ0v) is 6.95. The first-order valence-electron chi connectivity index (χ1n) is 4.13. The Bertz CT molecular complexity index is 106. The van der Waals surface area contributed by atoms with E-state index in [2.05, 4.69) is 6.92 Å². The molecular formula is C8H16O3. The zero-order valence-electron chi connectivity index (χ0n) is 6.95. The van der Waals surface area contributed by atoms with Crippen molar-refractivity contribution in [2.45, 2.75) is 25.9 Å². The lowest BCUT2D eigenvalue weighted by molar-refractivity contribution is -0.0872. The molecule has 2 atom stereocenters. The van der Waals surface area contributed by atoms with Gasteiger partial charge in [0.2, 0.25) is 0 Å². The van der Waals surface area contributed by atoms with Gasteiger partial charge >= 0.3 is 0 Å². The summed E-state index contributed by atoms with van der Waals surface area (Å²) in [5, 5.41) is 8.39. The van der Waals surface area contributed by atoms with E-state index in [1.54, 1.807) is 0 Å². The Morgan fingerprint density at radius 3 is 3.09 bits per heavy atom. The van der Waals surface area contributed by atoms with Gasteiger partial charge in [0.25, 0.3) is 0 Å². The Balaban J connectivity index is 2.12. The van der Waals surface area contributed by atoms with E-state index in [0.717, 1.165) is 25.4 Å². The van der Waals surface area contributed by atoms with Crippen LogP contribution in [0.2, 0.25) is 0 Å². The summed E-state index contributed by atoms with van der Waals surface area (Å²) in [4.78, 5) is 0. The van der Waals surface area contributed by atoms with E-state index in [1.807, 2.05) is 0 Å². The third kappa shape index (κ3) is 3.18. The quantitative estimate of drug-likeness (QED) is 0.620. The molecule has 1 saturated heterocycles. The van der Waals surface area contributed by atoms with Crippen molar-refractivity contribution in [1.82, 2.24) is 0 Å². The summed E-state index contributed by atoms with van der Waals surface area (Å²) >= 11 is 0. The van der Waals surface area contributed by atoms with Gasteiger partial charge in [0.1, 0.15) is 6.79 Å². The predicted octanol–water partition coefficient (Wildman–Crippen LogP) is 0.768. The van der Waals surface area contributed by atoms with Crippen molar-refractivity contribution in [1.29, 1.82) is 0 Å². The highest BCUT2D eigenvalue weighted by Crippen LogP contribution is 2.19. The lowest BCUT2D eigenvalue weighted by Crippen LogP contribution is -2.28. The lowest BCUT2D eigenvalue weighted by Gasteiger charge is -2.26. The minimum atomic E-state index is -0.200. The van der Waals surface area contributed by atoms with Gasteiger partial charge in [-0.15, -0.1) is 0 Å². The Kier molecular flexibility index (Phi) is 3.83. The van der Waals surface area contributed by atoms with Crippen LogP contribution in [-0.4, -0.2) is 31.2 Å². The van der Waals surface area contributed by atoms with Gasteiger partial charge in [0, 0.05) is 6.61 Å². The molecule has 0 aromatic carbocycles. The van der Waals surface area contributed by atoms with Crippen LogP contribution >= 0.6 is 0 Å². The molecule has 0 aromatic heterocycles. The summed E-state index contributed by atoms with van der Waals surface area (Å²) in [6.07, 6.45) is 2.40. The summed E-state index contributed by atoms with van der Waals surface area (Å²) in [6.45, 7) is 3.38. The van der Waals surface area contributed by atoms with Crippen molar-refractivity contribution in [3.05, 3.63) is 0 Å². The second-order valence-corrected chi connectivity index (χ2v) is 3.12. The van der Waals surface area contributed by atoms with Crippen molar-refractivity contribution in [2.75, 3.05) is 20.0 Å². The number of ether oxygens (including phenoxy) is 2. The molecule has 1 rings (SSSR count). The Hall–Kier alpha value is -0.120. The molecule has 0 bridgehead atoms. The van der Waals surface area contributed by atoms with Gasteiger partial charge in [-0.2, -0.15) is 0 Å². The summed E-state index contributed by atoms with van der Waals surface area (Å²) in [5.74, 6) is 0.732. The first-order valence-corrected chi connectivity index (χ1v) is 4.13. The molecule has 1 fully saturated rings. The fourth-order valence-electron chi connectivity index (χ4n) is 1.37. The van der Waals surface area contributed by atoms with Gasteiger partial charge < -0.3 is 14.6 Å². The predicted molar refractivity (Wildman–Crippen MR) is 41.2 cm³/mol. The third-order valence-electron chi connectivity index (χ3n) is 2.02. The van der Waals surface area contributed by atoms with Crippen molar-refractivity contribution < 1.29 is 14.6 Å². The second kappa shape index (κ2) is 4.70. The maximum absolute atomic E-state index is 8.39. The van der Waals surface area contributed by atoms with E-state index in [9.17, 15) is 0 Å². The molecule has 0 unspecified atom stereocenters. The highest BCUT2D eigenvalue weighted by Gasteiger charge is 2.18. The molecule has 66 valence electrons. The topological polar surface area (TPSA) is 38.7 Å². The third-order valence-corrected chi connectivity index (χ3v) is 2.02. The molecular weight excluding hydrogens is 144 g/mol. The number of aliphatic hydroxyl groups is 1. The molecule has 11 heavy (non-hydrogen) atoms. The number of aliphatic hydroxyl groups excluding tert-OH is 1. The lowest BCUT2D eigenvalue weighted by atomic mass is 9.98. The summed E-state index contributed by atoms with van der Waals surface area (Å²) in [7, 11) is 0. The average Bonchev–Trinajstić information content (AvgIpc) is 2.01. The molecule has 0 aliphatic carbocycles. The molecule has 0 amide bonds. The van der Waals surface area contributed by atoms with Crippen LogP contribution in [0.4, 0.5) is 0 Å². The molecule has 3 heteroatoms. The summed E-state index contributed by atoms with van der Waals surface area (Å²) in [6, 6.07) is 0. The fourth-order valence-corrected chi connectivity index (χ4v) is 1.37. The van der Waals surface area contributed by atoms with Crippen molar-refractivity contribution in [3.8, 4) is 0 Å². The molecule has 0 radical (unpaired) electrons. The van der Waals surface area contributed by atoms with Crippen LogP contribution in [0.5, 0.6) is 0 Å². The van der Waals surface area contributed by atoms with Gasteiger partial charge in [-0.05, 0) is 18.8 Å². The maximum Gasteiger partial charge on any atom is 0.143 e. The number of hydrogen-bond donors (Lipinski definition) is 1. The smallest absolute Gasteiger partial charge is 0.143 e. The zero-order chi connectivity index (χ0) is 8.10. The molecule has 3 nitrogen and oxygen atoms in total. The fraction of sp³-hybridized carbons (Fsp3) is 1.00. The maximum atomic E-state index is 8.39. The van der Waals surface area contributed by atoms with Crippen LogP contribution in [0.15, 0.2) is 0 Å². The minimum absolute atomic E-state index is 0.200. The minimum Gasteiger partial charge on any atom is -0.376 e.